The molecule has 0 aliphatic rings. The predicted molar refractivity (Wildman–Crippen MR) is 238 cm³/mol. The zero-order chi connectivity index (χ0) is 40.6. The third-order valence-corrected chi connectivity index (χ3v) is 9.98. The number of nitrogens with two attached hydrogens (primary N) is 4. The van der Waals surface area contributed by atoms with Gasteiger partial charge in [-0.05, 0) is 126 Å². The summed E-state index contributed by atoms with van der Waals surface area (Å²) < 4.78 is 24.7. The quantitative estimate of drug-likeness (QED) is 0.0800. The molecule has 8 heteroatoms. The highest BCUT2D eigenvalue weighted by atomic mass is 16.5. The number of rotatable bonds is 14. The lowest BCUT2D eigenvalue weighted by Crippen LogP contribution is -2.10. The Kier molecular flexibility index (Phi) is 11.3. The molecule has 0 aliphatic carbocycles. The van der Waals surface area contributed by atoms with Crippen molar-refractivity contribution >= 4 is 22.7 Å². The van der Waals surface area contributed by atoms with E-state index >= 15 is 0 Å². The summed E-state index contributed by atoms with van der Waals surface area (Å²) in [7, 11) is 0. The highest BCUT2D eigenvalue weighted by Gasteiger charge is 2.24. The minimum Gasteiger partial charge on any atom is -0.457 e. The number of ether oxygens (including phenoxy) is 4. The molecule has 0 fully saturated rings. The average molecular weight is 777 g/mol. The Bertz CT molecular complexity index is 2260. The Morgan fingerprint density at radius 3 is 0.695 bits per heavy atom. The van der Waals surface area contributed by atoms with E-state index in [0.29, 0.717) is 68.7 Å². The molecule has 8 aromatic rings. The van der Waals surface area contributed by atoms with Gasteiger partial charge in [-0.25, -0.2) is 0 Å². The first kappa shape index (κ1) is 38.1. The molecule has 8 rings (SSSR count). The van der Waals surface area contributed by atoms with Gasteiger partial charge in [-0.1, -0.05) is 72.8 Å². The van der Waals surface area contributed by atoms with Gasteiger partial charge in [-0.2, -0.15) is 0 Å². The van der Waals surface area contributed by atoms with E-state index in [-0.39, 0.29) is 11.8 Å². The van der Waals surface area contributed by atoms with Gasteiger partial charge in [-0.15, -0.1) is 0 Å². The summed E-state index contributed by atoms with van der Waals surface area (Å²) >= 11 is 0. The predicted octanol–water partition coefficient (Wildman–Crippen LogP) is 12.5. The van der Waals surface area contributed by atoms with E-state index in [9.17, 15) is 0 Å². The molecule has 0 saturated carbocycles. The molecule has 0 unspecified atom stereocenters. The molecule has 59 heavy (non-hydrogen) atoms. The third-order valence-electron chi connectivity index (χ3n) is 9.98. The van der Waals surface area contributed by atoms with Crippen LogP contribution >= 0.6 is 0 Å². The Balaban J connectivity index is 1.14. The van der Waals surface area contributed by atoms with E-state index in [1.54, 1.807) is 0 Å². The van der Waals surface area contributed by atoms with Crippen molar-refractivity contribution in [2.45, 2.75) is 18.3 Å². The summed E-state index contributed by atoms with van der Waals surface area (Å²) in [4.78, 5) is 0. The maximum atomic E-state index is 6.18. The number of hydrogen-bond donors (Lipinski definition) is 4. The highest BCUT2D eigenvalue weighted by Crippen LogP contribution is 2.41. The van der Waals surface area contributed by atoms with Gasteiger partial charge in [0.1, 0.15) is 46.0 Å². The van der Waals surface area contributed by atoms with Crippen molar-refractivity contribution in [3.05, 3.63) is 216 Å². The number of benzene rings is 8. The van der Waals surface area contributed by atoms with Crippen LogP contribution in [0.15, 0.2) is 194 Å². The van der Waals surface area contributed by atoms with Crippen LogP contribution in [-0.2, 0) is 0 Å². The van der Waals surface area contributed by atoms with Gasteiger partial charge < -0.3 is 41.9 Å². The van der Waals surface area contributed by atoms with E-state index in [1.807, 2.05) is 146 Å². The topological polar surface area (TPSA) is 141 Å². The van der Waals surface area contributed by atoms with Crippen LogP contribution < -0.4 is 41.9 Å². The van der Waals surface area contributed by atoms with Crippen LogP contribution in [0.5, 0.6) is 46.0 Å². The number of anilines is 4. The van der Waals surface area contributed by atoms with Gasteiger partial charge in [0.05, 0.1) is 0 Å². The highest BCUT2D eigenvalue weighted by molar-refractivity contribution is 5.50. The molecule has 8 aromatic carbocycles. The van der Waals surface area contributed by atoms with Crippen molar-refractivity contribution in [1.82, 2.24) is 0 Å². The molecule has 0 aliphatic heterocycles. The van der Waals surface area contributed by atoms with Gasteiger partial charge in [0.2, 0.25) is 0 Å². The molecule has 0 amide bonds. The van der Waals surface area contributed by atoms with Gasteiger partial charge in [0.15, 0.2) is 0 Å². The Labute approximate surface area is 344 Å². The van der Waals surface area contributed by atoms with Crippen LogP contribution in [0.1, 0.15) is 40.5 Å². The fraction of sp³-hybridized carbons (Fsp3) is 0.0588. The smallest absolute Gasteiger partial charge is 0.129 e. The van der Waals surface area contributed by atoms with E-state index in [2.05, 4.69) is 48.5 Å². The van der Waals surface area contributed by atoms with Gasteiger partial charge in [0, 0.05) is 58.9 Å². The third kappa shape index (κ3) is 9.94. The van der Waals surface area contributed by atoms with Crippen molar-refractivity contribution < 1.29 is 18.9 Å². The summed E-state index contributed by atoms with van der Waals surface area (Å²) in [6.07, 6.45) is 0.732. The Hall–Kier alpha value is -7.84. The number of hydrogen-bond acceptors (Lipinski definition) is 8. The first-order valence-corrected chi connectivity index (χ1v) is 19.3. The zero-order valence-corrected chi connectivity index (χ0v) is 32.3. The molecular formula is C51H44N4O4. The van der Waals surface area contributed by atoms with Crippen LogP contribution in [0.3, 0.4) is 0 Å². The molecule has 0 spiro atoms. The maximum absolute atomic E-state index is 6.18. The minimum absolute atomic E-state index is 0.0331. The fourth-order valence-electron chi connectivity index (χ4n) is 7.09. The molecule has 0 heterocycles. The SMILES string of the molecule is Nc1cccc(Oc2ccc(C(CC(c3ccc(Oc4cccc(N)c4)cc3)c3ccc(Oc4cccc(N)c4)cc3)c3ccc(Oc4cccc(N)c4)cc3)cc2)c1. The molecule has 0 aromatic heterocycles. The lowest BCUT2D eigenvalue weighted by atomic mass is 9.78. The summed E-state index contributed by atoms with van der Waals surface area (Å²) in [6.45, 7) is 0. The van der Waals surface area contributed by atoms with Crippen LogP contribution in [0.25, 0.3) is 0 Å². The summed E-state index contributed by atoms with van der Waals surface area (Å²) in [5, 5.41) is 0. The van der Waals surface area contributed by atoms with Crippen molar-refractivity contribution in [3.63, 3.8) is 0 Å². The van der Waals surface area contributed by atoms with Crippen molar-refractivity contribution in [3.8, 4) is 46.0 Å². The first-order valence-electron chi connectivity index (χ1n) is 19.3. The standard InChI is InChI=1S/C51H44N4O4/c52-38-5-1-9-46(29-38)56-42-21-13-34(14-22-42)50(35-15-23-43(24-16-35)57-47-10-2-6-39(53)30-47)33-51(36-17-25-44(26-18-36)58-48-11-3-7-40(54)31-48)37-19-27-45(28-20-37)59-49-12-4-8-41(55)32-49/h1-32,50-51H,33,52-55H2. The van der Waals surface area contributed by atoms with Crippen LogP contribution in [-0.4, -0.2) is 0 Å². The van der Waals surface area contributed by atoms with E-state index < -0.39 is 0 Å². The van der Waals surface area contributed by atoms with E-state index in [0.717, 1.165) is 28.7 Å². The van der Waals surface area contributed by atoms with E-state index in [4.69, 9.17) is 41.9 Å². The molecule has 0 atom stereocenters. The first-order chi connectivity index (χ1) is 28.8. The molecule has 8 N–H and O–H groups in total. The molecule has 0 bridgehead atoms. The normalized spacial score (nSPS) is 11.0. The van der Waals surface area contributed by atoms with Crippen LogP contribution in [0, 0.1) is 0 Å². The molecule has 0 radical (unpaired) electrons. The fourth-order valence-corrected chi connectivity index (χ4v) is 7.09. The van der Waals surface area contributed by atoms with Crippen LogP contribution in [0.2, 0.25) is 0 Å². The molecule has 0 saturated heterocycles. The largest absolute Gasteiger partial charge is 0.457 e. The van der Waals surface area contributed by atoms with Crippen molar-refractivity contribution in [1.29, 1.82) is 0 Å². The van der Waals surface area contributed by atoms with Crippen molar-refractivity contribution in [2.24, 2.45) is 0 Å². The second-order valence-corrected chi connectivity index (χ2v) is 14.3. The maximum Gasteiger partial charge on any atom is 0.129 e. The van der Waals surface area contributed by atoms with Crippen molar-refractivity contribution in [2.75, 3.05) is 22.9 Å². The molecule has 8 nitrogen and oxygen atoms in total. The monoisotopic (exact) mass is 776 g/mol. The second kappa shape index (κ2) is 17.5. The van der Waals surface area contributed by atoms with Crippen LogP contribution in [0.4, 0.5) is 22.7 Å². The van der Waals surface area contributed by atoms with Gasteiger partial charge in [0.25, 0.3) is 0 Å². The minimum atomic E-state index is -0.0331. The average Bonchev–Trinajstić information content (AvgIpc) is 3.23. The zero-order valence-electron chi connectivity index (χ0n) is 32.3. The summed E-state index contributed by atoms with van der Waals surface area (Å²) in [5.41, 5.74) is 31.2. The van der Waals surface area contributed by atoms with Gasteiger partial charge in [-0.3, -0.25) is 0 Å². The lowest BCUT2D eigenvalue weighted by molar-refractivity contribution is 0.482. The van der Waals surface area contributed by atoms with Gasteiger partial charge >= 0.3 is 0 Å². The molecule has 292 valence electrons. The Morgan fingerprint density at radius 2 is 0.492 bits per heavy atom. The summed E-state index contributed by atoms with van der Waals surface area (Å²) in [5.74, 6) is 5.50. The second-order valence-electron chi connectivity index (χ2n) is 14.3. The number of nitrogen functional groups attached to an aromatic ring is 4. The lowest BCUT2D eigenvalue weighted by Gasteiger charge is -2.26. The Morgan fingerprint density at radius 1 is 0.271 bits per heavy atom. The molecular weight excluding hydrogens is 733 g/mol. The summed E-state index contributed by atoms with van der Waals surface area (Å²) in [6, 6.07) is 62.7. The van der Waals surface area contributed by atoms with E-state index in [1.165, 1.54) is 0 Å².